The Morgan fingerprint density at radius 3 is 2.20 bits per heavy atom. The maximum atomic E-state index is 10.7. The first-order valence-electron chi connectivity index (χ1n) is 3.69. The molecule has 0 aliphatic carbocycles. The van der Waals surface area contributed by atoms with Gasteiger partial charge in [-0.1, -0.05) is 10.6 Å². The number of hydrogen-bond donors (Lipinski definition) is 2. The van der Waals surface area contributed by atoms with Gasteiger partial charge in [0.1, 0.15) is 5.56 Å². The van der Waals surface area contributed by atoms with E-state index in [0.29, 0.717) is 0 Å². The zero-order valence-electron chi connectivity index (χ0n) is 7.21. The van der Waals surface area contributed by atoms with Gasteiger partial charge in [-0.05, 0) is 12.1 Å². The van der Waals surface area contributed by atoms with Gasteiger partial charge in [-0.2, -0.15) is 0 Å². The van der Waals surface area contributed by atoms with Gasteiger partial charge in [-0.15, -0.1) is 0 Å². The molecule has 0 heterocycles. The monoisotopic (exact) mass is 228 g/mol. The molecule has 1 rings (SSSR count). The molecule has 0 fully saturated rings. The van der Waals surface area contributed by atoms with Crippen molar-refractivity contribution < 1.29 is 29.3 Å². The van der Waals surface area contributed by atoms with Crippen LogP contribution >= 0.6 is 8.03 Å². The van der Waals surface area contributed by atoms with Crippen molar-refractivity contribution in [2.24, 2.45) is 0 Å². The lowest BCUT2D eigenvalue weighted by atomic mass is 10.1. The van der Waals surface area contributed by atoms with E-state index in [1.807, 2.05) is 0 Å². The smallest absolute Gasteiger partial charge is 0.349 e. The van der Waals surface area contributed by atoms with Crippen molar-refractivity contribution in [2.75, 3.05) is 0 Å². The molecule has 6 nitrogen and oxygen atoms in total. The fraction of sp³-hybridized carbons (Fsp3) is 0. The van der Waals surface area contributed by atoms with E-state index in [4.69, 9.17) is 10.2 Å². The number of aromatic carboxylic acids is 2. The molecule has 0 spiro atoms. The van der Waals surface area contributed by atoms with E-state index in [2.05, 4.69) is 0 Å². The molecule has 1 unspecified atom stereocenters. The van der Waals surface area contributed by atoms with Gasteiger partial charge in [0.25, 0.3) is 0 Å². The molecule has 0 aromatic heterocycles. The standard InChI is InChI=1S/C8H5O6P/c9-7(10)4-2-1-3-5(15(13)14)6(4)8(11)12/h1-3H,(H,9,10)(H,11,12). The summed E-state index contributed by atoms with van der Waals surface area (Å²) in [6.45, 7) is 0. The van der Waals surface area contributed by atoms with Crippen molar-refractivity contribution in [3.05, 3.63) is 29.3 Å². The summed E-state index contributed by atoms with van der Waals surface area (Å²) in [5.41, 5.74) is -1.25. The normalized spacial score (nSPS) is 10.9. The third-order valence-electron chi connectivity index (χ3n) is 1.68. The van der Waals surface area contributed by atoms with Crippen molar-refractivity contribution in [1.29, 1.82) is 0 Å². The van der Waals surface area contributed by atoms with Crippen molar-refractivity contribution in [1.82, 2.24) is 0 Å². The molecule has 0 bridgehead atoms. The van der Waals surface area contributed by atoms with Crippen LogP contribution < -0.4 is 10.2 Å². The van der Waals surface area contributed by atoms with Gasteiger partial charge in [0, 0.05) is 0 Å². The van der Waals surface area contributed by atoms with Crippen LogP contribution in [-0.4, -0.2) is 22.2 Å². The van der Waals surface area contributed by atoms with Gasteiger partial charge in [0.15, 0.2) is 0 Å². The Morgan fingerprint density at radius 2 is 1.80 bits per heavy atom. The first kappa shape index (κ1) is 11.3. The third-order valence-corrected chi connectivity index (χ3v) is 2.45. The highest BCUT2D eigenvalue weighted by Crippen LogP contribution is 2.16. The Labute approximate surface area is 84.7 Å². The summed E-state index contributed by atoms with van der Waals surface area (Å²) in [5, 5.41) is 16.9. The molecule has 1 aromatic rings. The second kappa shape index (κ2) is 4.16. The zero-order valence-corrected chi connectivity index (χ0v) is 8.10. The lowest BCUT2D eigenvalue weighted by Gasteiger charge is -2.01. The fourth-order valence-electron chi connectivity index (χ4n) is 1.10. The minimum Gasteiger partial charge on any atom is -0.591 e. The largest absolute Gasteiger partial charge is 0.591 e. The van der Waals surface area contributed by atoms with Crippen LogP contribution in [0.4, 0.5) is 0 Å². The Kier molecular flexibility index (Phi) is 3.14. The van der Waals surface area contributed by atoms with Crippen molar-refractivity contribution in [3.8, 4) is 0 Å². The maximum Gasteiger partial charge on any atom is 0.349 e. The number of carbonyl (C=O) groups is 2. The Hall–Kier alpha value is -1.78. The highest BCUT2D eigenvalue weighted by atomic mass is 31.1. The minimum absolute atomic E-state index is 0.502. The van der Waals surface area contributed by atoms with Crippen LogP contribution in [0.2, 0.25) is 0 Å². The molecule has 2 N–H and O–H groups in total. The van der Waals surface area contributed by atoms with Crippen LogP contribution in [0.15, 0.2) is 18.2 Å². The van der Waals surface area contributed by atoms with Crippen LogP contribution in [0.3, 0.4) is 0 Å². The molecule has 0 aliphatic rings. The first-order chi connectivity index (χ1) is 6.95. The van der Waals surface area contributed by atoms with Gasteiger partial charge in [-0.3, -0.25) is 0 Å². The molecule has 0 aliphatic heterocycles. The number of carboxylic acid groups (broad SMARTS) is 2. The van der Waals surface area contributed by atoms with Crippen LogP contribution in [-0.2, 0) is 4.57 Å². The predicted octanol–water partition coefficient (Wildman–Crippen LogP) is -0.189. The van der Waals surface area contributed by atoms with Gasteiger partial charge < -0.3 is 15.1 Å². The molecule has 7 heteroatoms. The highest BCUT2D eigenvalue weighted by molar-refractivity contribution is 7.46. The number of rotatable bonds is 3. The highest BCUT2D eigenvalue weighted by Gasteiger charge is 2.26. The Morgan fingerprint density at radius 1 is 1.20 bits per heavy atom. The molecule has 1 atom stereocenters. The van der Waals surface area contributed by atoms with Gasteiger partial charge >= 0.3 is 20.0 Å². The van der Waals surface area contributed by atoms with E-state index < -0.39 is 36.4 Å². The lowest BCUT2D eigenvalue weighted by Crippen LogP contribution is -2.20. The summed E-state index contributed by atoms with van der Waals surface area (Å²) in [4.78, 5) is 32.0. The molecular weight excluding hydrogens is 223 g/mol. The molecule has 0 saturated heterocycles. The van der Waals surface area contributed by atoms with E-state index in [1.54, 1.807) is 0 Å². The average Bonchev–Trinajstić information content (AvgIpc) is 2.16. The average molecular weight is 228 g/mol. The van der Waals surface area contributed by atoms with Crippen LogP contribution in [0.5, 0.6) is 0 Å². The molecule has 0 radical (unpaired) electrons. The molecule has 78 valence electrons. The number of hydrogen-bond acceptors (Lipinski definition) is 4. The second-order valence-electron chi connectivity index (χ2n) is 2.57. The van der Waals surface area contributed by atoms with E-state index in [1.165, 1.54) is 6.07 Å². The van der Waals surface area contributed by atoms with Gasteiger partial charge in [0.05, 0.1) is 5.56 Å². The molecule has 0 amide bonds. The van der Waals surface area contributed by atoms with Crippen LogP contribution in [0.25, 0.3) is 0 Å². The summed E-state index contributed by atoms with van der Waals surface area (Å²) in [7, 11) is -3.13. The molecule has 1 aromatic carbocycles. The third kappa shape index (κ3) is 2.18. The topological polar surface area (TPSA) is 115 Å². The van der Waals surface area contributed by atoms with E-state index in [9.17, 15) is 19.0 Å². The first-order valence-corrected chi connectivity index (χ1v) is 4.87. The van der Waals surface area contributed by atoms with Crippen LogP contribution in [0, 0.1) is 0 Å². The maximum absolute atomic E-state index is 10.7. The molecule has 0 saturated carbocycles. The van der Waals surface area contributed by atoms with Gasteiger partial charge in [0.2, 0.25) is 5.30 Å². The van der Waals surface area contributed by atoms with Gasteiger partial charge in [-0.25, -0.2) is 9.59 Å². The summed E-state index contributed by atoms with van der Waals surface area (Å²) < 4.78 is 10.7. The zero-order chi connectivity index (χ0) is 11.6. The molecular formula is C8H5O6P. The van der Waals surface area contributed by atoms with Crippen LogP contribution in [0.1, 0.15) is 20.7 Å². The van der Waals surface area contributed by atoms with E-state index in [0.717, 1.165) is 12.1 Å². The summed E-state index contributed by atoms with van der Waals surface area (Å²) in [6.07, 6.45) is 0. The van der Waals surface area contributed by atoms with Crippen molar-refractivity contribution in [2.45, 2.75) is 0 Å². The van der Waals surface area contributed by atoms with Crippen molar-refractivity contribution in [3.63, 3.8) is 0 Å². The SMILES string of the molecule is O=C(O)c1cccc([P+](=O)[O-])c1C(=O)O. The summed E-state index contributed by atoms with van der Waals surface area (Å²) >= 11 is 0. The lowest BCUT2D eigenvalue weighted by molar-refractivity contribution is -0.160. The second-order valence-corrected chi connectivity index (χ2v) is 3.56. The van der Waals surface area contributed by atoms with Crippen molar-refractivity contribution >= 4 is 25.3 Å². The number of carboxylic acids is 2. The quantitative estimate of drug-likeness (QED) is 0.693. The Bertz CT molecular complexity index is 420. The predicted molar refractivity (Wildman–Crippen MR) is 47.6 cm³/mol. The van der Waals surface area contributed by atoms with E-state index >= 15 is 0 Å². The summed E-state index contributed by atoms with van der Waals surface area (Å²) in [5.74, 6) is -3.06. The summed E-state index contributed by atoms with van der Waals surface area (Å²) in [6, 6.07) is 3.26. The minimum atomic E-state index is -3.13. The van der Waals surface area contributed by atoms with E-state index in [-0.39, 0.29) is 0 Å². The fourth-order valence-corrected chi connectivity index (χ4v) is 1.70. The number of benzene rings is 1. The Balaban J connectivity index is 3.56. The molecule has 15 heavy (non-hydrogen) atoms.